The Hall–Kier alpha value is -2.07. The lowest BCUT2D eigenvalue weighted by molar-refractivity contribution is 0.270. The number of aliphatic hydroxyl groups is 1. The molecular formula is C16H19NO3. The van der Waals surface area contributed by atoms with Crippen LogP contribution < -0.4 is 9.47 Å². The monoisotopic (exact) mass is 273 g/mol. The topological polar surface area (TPSA) is 51.6 Å². The molecule has 0 atom stereocenters. The molecule has 20 heavy (non-hydrogen) atoms. The zero-order valence-electron chi connectivity index (χ0n) is 11.6. The Bertz CT molecular complexity index is 529. The summed E-state index contributed by atoms with van der Waals surface area (Å²) in [7, 11) is 0. The number of nitrogens with zero attached hydrogens (tertiary/aromatic N) is 1. The second-order valence-corrected chi connectivity index (χ2v) is 4.33. The lowest BCUT2D eigenvalue weighted by atomic mass is 10.2. The van der Waals surface area contributed by atoms with Gasteiger partial charge in [-0.25, -0.2) is 0 Å². The van der Waals surface area contributed by atoms with Gasteiger partial charge < -0.3 is 14.6 Å². The molecular weight excluding hydrogens is 254 g/mol. The summed E-state index contributed by atoms with van der Waals surface area (Å²) in [6.45, 7) is 3.06. The van der Waals surface area contributed by atoms with Crippen molar-refractivity contribution in [2.45, 2.75) is 20.0 Å². The van der Waals surface area contributed by atoms with Crippen LogP contribution in [0, 0.1) is 0 Å². The van der Waals surface area contributed by atoms with Gasteiger partial charge in [-0.15, -0.1) is 0 Å². The molecule has 0 fully saturated rings. The Morgan fingerprint density at radius 1 is 1.00 bits per heavy atom. The van der Waals surface area contributed by atoms with Gasteiger partial charge in [0.05, 0.1) is 19.8 Å². The van der Waals surface area contributed by atoms with Crippen LogP contribution in [0.2, 0.25) is 0 Å². The van der Waals surface area contributed by atoms with Crippen molar-refractivity contribution >= 4 is 0 Å². The van der Waals surface area contributed by atoms with Gasteiger partial charge in [0.25, 0.3) is 0 Å². The maximum absolute atomic E-state index is 9.14. The molecule has 4 nitrogen and oxygen atoms in total. The summed E-state index contributed by atoms with van der Waals surface area (Å²) in [5.41, 5.74) is 2.00. The number of aromatic nitrogens is 1. The van der Waals surface area contributed by atoms with Gasteiger partial charge >= 0.3 is 0 Å². The zero-order chi connectivity index (χ0) is 14.2. The number of pyridine rings is 1. The van der Waals surface area contributed by atoms with Crippen molar-refractivity contribution in [3.8, 4) is 11.5 Å². The standard InChI is InChI=1S/C16H19NO3/c1-2-19-16-11-14(12-18)3-4-15(16)20-10-7-13-5-8-17-9-6-13/h3-6,8-9,11,18H,2,7,10,12H2,1H3. The molecule has 1 heterocycles. The van der Waals surface area contributed by atoms with Crippen LogP contribution in [-0.4, -0.2) is 23.3 Å². The molecule has 0 radical (unpaired) electrons. The van der Waals surface area contributed by atoms with E-state index in [1.165, 1.54) is 5.56 Å². The Balaban J connectivity index is 1.98. The second kappa shape index (κ2) is 7.50. The van der Waals surface area contributed by atoms with Crippen molar-refractivity contribution in [2.24, 2.45) is 0 Å². The van der Waals surface area contributed by atoms with E-state index in [9.17, 15) is 0 Å². The van der Waals surface area contributed by atoms with Crippen LogP contribution in [0.25, 0.3) is 0 Å². The van der Waals surface area contributed by atoms with Gasteiger partial charge in [0.1, 0.15) is 0 Å². The van der Waals surface area contributed by atoms with E-state index in [2.05, 4.69) is 4.98 Å². The zero-order valence-corrected chi connectivity index (χ0v) is 11.6. The van der Waals surface area contributed by atoms with Gasteiger partial charge in [0, 0.05) is 18.8 Å². The van der Waals surface area contributed by atoms with Gasteiger partial charge in [-0.05, 0) is 42.3 Å². The van der Waals surface area contributed by atoms with Gasteiger partial charge in [-0.2, -0.15) is 0 Å². The summed E-state index contributed by atoms with van der Waals surface area (Å²) in [5, 5.41) is 9.14. The average Bonchev–Trinajstić information content (AvgIpc) is 2.50. The maximum Gasteiger partial charge on any atom is 0.161 e. The fraction of sp³-hybridized carbons (Fsp3) is 0.312. The first-order valence-corrected chi connectivity index (χ1v) is 6.71. The largest absolute Gasteiger partial charge is 0.490 e. The predicted molar refractivity (Wildman–Crippen MR) is 77.0 cm³/mol. The van der Waals surface area contributed by atoms with Crippen LogP contribution in [0.4, 0.5) is 0 Å². The summed E-state index contributed by atoms with van der Waals surface area (Å²) >= 11 is 0. The predicted octanol–water partition coefficient (Wildman–Crippen LogP) is 2.59. The molecule has 106 valence electrons. The van der Waals surface area contributed by atoms with E-state index < -0.39 is 0 Å². The molecule has 0 bridgehead atoms. The van der Waals surface area contributed by atoms with E-state index in [1.54, 1.807) is 12.4 Å². The molecule has 2 rings (SSSR count). The molecule has 0 unspecified atom stereocenters. The molecule has 1 aromatic heterocycles. The minimum Gasteiger partial charge on any atom is -0.490 e. The van der Waals surface area contributed by atoms with Crippen LogP contribution in [0.3, 0.4) is 0 Å². The molecule has 0 spiro atoms. The highest BCUT2D eigenvalue weighted by Gasteiger charge is 2.06. The molecule has 0 amide bonds. The Kier molecular flexibility index (Phi) is 5.38. The van der Waals surface area contributed by atoms with Gasteiger partial charge in [0.2, 0.25) is 0 Å². The lowest BCUT2D eigenvalue weighted by Gasteiger charge is -2.13. The molecule has 4 heteroatoms. The summed E-state index contributed by atoms with van der Waals surface area (Å²) in [5.74, 6) is 1.38. The summed E-state index contributed by atoms with van der Waals surface area (Å²) < 4.78 is 11.3. The van der Waals surface area contributed by atoms with Gasteiger partial charge in [-0.3, -0.25) is 4.98 Å². The summed E-state index contributed by atoms with van der Waals surface area (Å²) in [6, 6.07) is 9.43. The molecule has 0 saturated carbocycles. The van der Waals surface area contributed by atoms with E-state index >= 15 is 0 Å². The Labute approximate surface area is 119 Å². The van der Waals surface area contributed by atoms with Crippen molar-refractivity contribution in [1.29, 1.82) is 0 Å². The fourth-order valence-corrected chi connectivity index (χ4v) is 1.87. The molecule has 0 aliphatic heterocycles. The third-order valence-corrected chi connectivity index (χ3v) is 2.89. The quantitative estimate of drug-likeness (QED) is 0.842. The highest BCUT2D eigenvalue weighted by molar-refractivity contribution is 5.42. The highest BCUT2D eigenvalue weighted by atomic mass is 16.5. The van der Waals surface area contributed by atoms with E-state index in [-0.39, 0.29) is 6.61 Å². The minimum absolute atomic E-state index is 0.00261. The van der Waals surface area contributed by atoms with Crippen LogP contribution >= 0.6 is 0 Å². The van der Waals surface area contributed by atoms with Gasteiger partial charge in [-0.1, -0.05) is 6.07 Å². The first-order chi connectivity index (χ1) is 9.83. The first-order valence-electron chi connectivity index (χ1n) is 6.71. The SMILES string of the molecule is CCOc1cc(CO)ccc1OCCc1ccncc1. The highest BCUT2D eigenvalue weighted by Crippen LogP contribution is 2.28. The van der Waals surface area contributed by atoms with Crippen LogP contribution in [0.15, 0.2) is 42.7 Å². The van der Waals surface area contributed by atoms with Crippen LogP contribution in [0.5, 0.6) is 11.5 Å². The second-order valence-electron chi connectivity index (χ2n) is 4.33. The van der Waals surface area contributed by atoms with Crippen molar-refractivity contribution in [3.05, 3.63) is 53.9 Å². The number of hydrogen-bond acceptors (Lipinski definition) is 4. The lowest BCUT2D eigenvalue weighted by Crippen LogP contribution is -2.04. The van der Waals surface area contributed by atoms with Crippen molar-refractivity contribution in [3.63, 3.8) is 0 Å². The smallest absolute Gasteiger partial charge is 0.161 e. The van der Waals surface area contributed by atoms with Crippen molar-refractivity contribution in [1.82, 2.24) is 4.98 Å². The molecule has 2 aromatic rings. The third-order valence-electron chi connectivity index (χ3n) is 2.89. The number of hydrogen-bond donors (Lipinski definition) is 1. The molecule has 0 aliphatic rings. The normalized spacial score (nSPS) is 10.3. The third kappa shape index (κ3) is 3.96. The number of rotatable bonds is 7. The fourth-order valence-electron chi connectivity index (χ4n) is 1.87. The molecule has 1 N–H and O–H groups in total. The number of ether oxygens (including phenoxy) is 2. The van der Waals surface area contributed by atoms with Gasteiger partial charge in [0.15, 0.2) is 11.5 Å². The van der Waals surface area contributed by atoms with E-state index in [1.807, 2.05) is 37.3 Å². The number of benzene rings is 1. The summed E-state index contributed by atoms with van der Waals surface area (Å²) in [6.07, 6.45) is 4.36. The first kappa shape index (κ1) is 14.3. The molecule has 0 saturated heterocycles. The molecule has 1 aromatic carbocycles. The van der Waals surface area contributed by atoms with E-state index in [0.717, 1.165) is 12.0 Å². The van der Waals surface area contributed by atoms with Crippen molar-refractivity contribution < 1.29 is 14.6 Å². The Morgan fingerprint density at radius 2 is 1.80 bits per heavy atom. The number of aliphatic hydroxyl groups excluding tert-OH is 1. The van der Waals surface area contributed by atoms with Crippen LogP contribution in [-0.2, 0) is 13.0 Å². The minimum atomic E-state index is -0.00261. The van der Waals surface area contributed by atoms with E-state index in [0.29, 0.717) is 24.7 Å². The average molecular weight is 273 g/mol. The summed E-state index contributed by atoms with van der Waals surface area (Å²) in [4.78, 5) is 3.98. The van der Waals surface area contributed by atoms with Crippen LogP contribution in [0.1, 0.15) is 18.1 Å². The maximum atomic E-state index is 9.14. The Morgan fingerprint density at radius 3 is 2.50 bits per heavy atom. The van der Waals surface area contributed by atoms with Crippen molar-refractivity contribution in [2.75, 3.05) is 13.2 Å². The molecule has 0 aliphatic carbocycles. The van der Waals surface area contributed by atoms with E-state index in [4.69, 9.17) is 14.6 Å².